The van der Waals surface area contributed by atoms with Crippen LogP contribution in [0.1, 0.15) is 26.2 Å². The van der Waals surface area contributed by atoms with Crippen LogP contribution in [0.2, 0.25) is 0 Å². The molecule has 0 aromatic heterocycles. The van der Waals surface area contributed by atoms with Gasteiger partial charge in [-0.1, -0.05) is 6.92 Å². The van der Waals surface area contributed by atoms with Gasteiger partial charge in [0.1, 0.15) is 0 Å². The molecule has 0 unspecified atom stereocenters. The van der Waals surface area contributed by atoms with Gasteiger partial charge in [-0.3, -0.25) is 0 Å². The summed E-state index contributed by atoms with van der Waals surface area (Å²) in [5.74, 6) is 1.01. The standard InChI is InChI=1S/C10H21NO3S/c1-2-4-15(12,13)5-3-14-10-6-9(7-10)8-11/h9-10H,2-8,11H2,1H3. The molecule has 5 heteroatoms. The van der Waals surface area contributed by atoms with Crippen LogP contribution < -0.4 is 5.73 Å². The van der Waals surface area contributed by atoms with Crippen LogP contribution in [0.4, 0.5) is 0 Å². The molecule has 15 heavy (non-hydrogen) atoms. The molecule has 1 rings (SSSR count). The van der Waals surface area contributed by atoms with Crippen LogP contribution in [0.15, 0.2) is 0 Å². The lowest BCUT2D eigenvalue weighted by Crippen LogP contribution is -2.36. The molecule has 0 heterocycles. The number of rotatable bonds is 7. The summed E-state index contributed by atoms with van der Waals surface area (Å²) in [6.07, 6.45) is 2.91. The van der Waals surface area contributed by atoms with E-state index in [4.69, 9.17) is 10.5 Å². The number of nitrogens with two attached hydrogens (primary N) is 1. The van der Waals surface area contributed by atoms with Gasteiger partial charge in [0.05, 0.1) is 18.5 Å². The predicted octanol–water partition coefficient (Wildman–Crippen LogP) is 0.565. The maximum absolute atomic E-state index is 11.3. The molecule has 0 aromatic rings. The summed E-state index contributed by atoms with van der Waals surface area (Å²) in [6.45, 7) is 2.93. The Hall–Kier alpha value is -0.130. The van der Waals surface area contributed by atoms with E-state index in [1.54, 1.807) is 0 Å². The molecule has 2 N–H and O–H groups in total. The number of hydrogen-bond acceptors (Lipinski definition) is 4. The number of hydrogen-bond donors (Lipinski definition) is 1. The maximum atomic E-state index is 11.3. The van der Waals surface area contributed by atoms with Gasteiger partial charge in [0.2, 0.25) is 0 Å². The zero-order valence-corrected chi connectivity index (χ0v) is 10.1. The molecule has 1 saturated carbocycles. The van der Waals surface area contributed by atoms with Gasteiger partial charge in [0.15, 0.2) is 9.84 Å². The summed E-state index contributed by atoms with van der Waals surface area (Å²) in [5, 5.41) is 0. The van der Waals surface area contributed by atoms with Gasteiger partial charge in [0, 0.05) is 5.75 Å². The van der Waals surface area contributed by atoms with Crippen LogP contribution in [0.3, 0.4) is 0 Å². The Bertz CT molecular complexity index is 270. The van der Waals surface area contributed by atoms with Gasteiger partial charge >= 0.3 is 0 Å². The van der Waals surface area contributed by atoms with E-state index in [2.05, 4.69) is 0 Å². The molecule has 0 radical (unpaired) electrons. The van der Waals surface area contributed by atoms with Crippen LogP contribution in [0, 0.1) is 5.92 Å². The zero-order chi connectivity index (χ0) is 11.3. The van der Waals surface area contributed by atoms with Gasteiger partial charge in [-0.25, -0.2) is 8.42 Å². The first-order valence-corrected chi connectivity index (χ1v) is 7.41. The average Bonchev–Trinajstić information content (AvgIpc) is 2.08. The fraction of sp³-hybridized carbons (Fsp3) is 1.00. The summed E-state index contributed by atoms with van der Waals surface area (Å²) >= 11 is 0. The van der Waals surface area contributed by atoms with Crippen molar-refractivity contribution < 1.29 is 13.2 Å². The van der Waals surface area contributed by atoms with Crippen molar-refractivity contribution in [3.05, 3.63) is 0 Å². The average molecular weight is 235 g/mol. The van der Waals surface area contributed by atoms with Crippen LogP contribution in [-0.4, -0.2) is 39.2 Å². The summed E-state index contributed by atoms with van der Waals surface area (Å²) < 4.78 is 28.1. The van der Waals surface area contributed by atoms with Gasteiger partial charge < -0.3 is 10.5 Å². The number of ether oxygens (including phenoxy) is 1. The van der Waals surface area contributed by atoms with E-state index < -0.39 is 9.84 Å². The van der Waals surface area contributed by atoms with Crippen molar-refractivity contribution in [3.8, 4) is 0 Å². The molecule has 1 aliphatic carbocycles. The Morgan fingerprint density at radius 1 is 1.33 bits per heavy atom. The molecule has 1 aliphatic rings. The van der Waals surface area contributed by atoms with Crippen molar-refractivity contribution in [1.29, 1.82) is 0 Å². The third kappa shape index (κ3) is 4.49. The second-order valence-corrected chi connectivity index (χ2v) is 6.52. The minimum Gasteiger partial charge on any atom is -0.377 e. The van der Waals surface area contributed by atoms with Gasteiger partial charge in [-0.05, 0) is 31.7 Å². The van der Waals surface area contributed by atoms with E-state index >= 15 is 0 Å². The Balaban J connectivity index is 2.07. The Labute approximate surface area is 92.1 Å². The lowest BCUT2D eigenvalue weighted by atomic mass is 9.82. The van der Waals surface area contributed by atoms with Crippen molar-refractivity contribution in [3.63, 3.8) is 0 Å². The molecule has 0 spiro atoms. The monoisotopic (exact) mass is 235 g/mol. The van der Waals surface area contributed by atoms with E-state index in [0.29, 0.717) is 25.5 Å². The van der Waals surface area contributed by atoms with E-state index in [1.165, 1.54) is 0 Å². The van der Waals surface area contributed by atoms with Crippen molar-refractivity contribution >= 4 is 9.84 Å². The normalized spacial score (nSPS) is 26.3. The van der Waals surface area contributed by atoms with Crippen molar-refractivity contribution in [2.24, 2.45) is 11.7 Å². The molecule has 1 fully saturated rings. The van der Waals surface area contributed by atoms with Crippen LogP contribution >= 0.6 is 0 Å². The minimum absolute atomic E-state index is 0.157. The number of sulfone groups is 1. The molecular weight excluding hydrogens is 214 g/mol. The first-order chi connectivity index (χ1) is 7.07. The molecule has 4 nitrogen and oxygen atoms in total. The highest BCUT2D eigenvalue weighted by Crippen LogP contribution is 2.28. The van der Waals surface area contributed by atoms with Crippen molar-refractivity contribution in [1.82, 2.24) is 0 Å². The van der Waals surface area contributed by atoms with Crippen LogP contribution in [-0.2, 0) is 14.6 Å². The van der Waals surface area contributed by atoms with Crippen molar-refractivity contribution in [2.45, 2.75) is 32.3 Å². The second-order valence-electron chi connectivity index (χ2n) is 4.22. The SMILES string of the molecule is CCCS(=O)(=O)CCOC1CC(CN)C1. The van der Waals surface area contributed by atoms with Crippen LogP contribution in [0.25, 0.3) is 0 Å². The smallest absolute Gasteiger partial charge is 0.152 e. The predicted molar refractivity (Wildman–Crippen MR) is 60.5 cm³/mol. The third-order valence-corrected chi connectivity index (χ3v) is 4.61. The van der Waals surface area contributed by atoms with Crippen molar-refractivity contribution in [2.75, 3.05) is 24.7 Å². The van der Waals surface area contributed by atoms with E-state index in [9.17, 15) is 8.42 Å². The summed E-state index contributed by atoms with van der Waals surface area (Å²) in [7, 11) is -2.88. The molecule has 0 saturated heterocycles. The highest BCUT2D eigenvalue weighted by molar-refractivity contribution is 7.91. The van der Waals surface area contributed by atoms with E-state index in [1.807, 2.05) is 6.92 Å². The second kappa shape index (κ2) is 5.82. The Morgan fingerprint density at radius 3 is 2.53 bits per heavy atom. The molecule has 0 bridgehead atoms. The molecular formula is C10H21NO3S. The van der Waals surface area contributed by atoms with Gasteiger partial charge in [0.25, 0.3) is 0 Å². The molecule has 0 amide bonds. The van der Waals surface area contributed by atoms with Gasteiger partial charge in [-0.2, -0.15) is 0 Å². The fourth-order valence-electron chi connectivity index (χ4n) is 1.76. The Morgan fingerprint density at radius 2 is 2.00 bits per heavy atom. The molecule has 0 aromatic carbocycles. The highest BCUT2D eigenvalue weighted by Gasteiger charge is 2.28. The summed E-state index contributed by atoms with van der Waals surface area (Å²) in [4.78, 5) is 0. The topological polar surface area (TPSA) is 69.4 Å². The third-order valence-electron chi connectivity index (χ3n) is 2.79. The fourth-order valence-corrected chi connectivity index (χ4v) is 2.93. The minimum atomic E-state index is -2.88. The van der Waals surface area contributed by atoms with E-state index in [-0.39, 0.29) is 17.6 Å². The summed E-state index contributed by atoms with van der Waals surface area (Å²) in [5.41, 5.74) is 5.48. The lowest BCUT2D eigenvalue weighted by molar-refractivity contribution is -0.0207. The molecule has 90 valence electrons. The zero-order valence-electron chi connectivity index (χ0n) is 9.31. The van der Waals surface area contributed by atoms with Gasteiger partial charge in [-0.15, -0.1) is 0 Å². The highest BCUT2D eigenvalue weighted by atomic mass is 32.2. The summed E-state index contributed by atoms with van der Waals surface area (Å²) in [6, 6.07) is 0. The quantitative estimate of drug-likeness (QED) is 0.700. The first-order valence-electron chi connectivity index (χ1n) is 5.59. The van der Waals surface area contributed by atoms with E-state index in [0.717, 1.165) is 12.8 Å². The maximum Gasteiger partial charge on any atom is 0.152 e. The lowest BCUT2D eigenvalue weighted by Gasteiger charge is -2.34. The molecule has 0 atom stereocenters. The van der Waals surface area contributed by atoms with Crippen LogP contribution in [0.5, 0.6) is 0 Å². The largest absolute Gasteiger partial charge is 0.377 e. The Kier molecular flexibility index (Phi) is 5.02. The first kappa shape index (κ1) is 12.9. The molecule has 0 aliphatic heterocycles.